The first kappa shape index (κ1) is 20.0. The van der Waals surface area contributed by atoms with Crippen LogP contribution in [0.2, 0.25) is 5.02 Å². The van der Waals surface area contributed by atoms with Crippen molar-refractivity contribution in [1.29, 1.82) is 0 Å². The molecule has 0 fully saturated rings. The van der Waals surface area contributed by atoms with Gasteiger partial charge in [-0.25, -0.2) is 4.39 Å². The predicted octanol–water partition coefficient (Wildman–Crippen LogP) is 2.56. The molecule has 26 heavy (non-hydrogen) atoms. The molecule has 2 aromatic carbocycles. The van der Waals surface area contributed by atoms with Crippen molar-refractivity contribution >= 4 is 40.3 Å². The molecule has 0 aromatic heterocycles. The minimum atomic E-state index is -0.469. The van der Waals surface area contributed by atoms with E-state index in [-0.39, 0.29) is 17.5 Å². The summed E-state index contributed by atoms with van der Waals surface area (Å²) in [6.45, 7) is 0.363. The van der Waals surface area contributed by atoms with Crippen LogP contribution in [0.15, 0.2) is 42.5 Å². The number of non-ortho nitro benzene ring substituents is 1. The van der Waals surface area contributed by atoms with Crippen LogP contribution in [0.25, 0.3) is 0 Å². The highest BCUT2D eigenvalue weighted by Gasteiger charge is 2.24. The van der Waals surface area contributed by atoms with E-state index in [1.54, 1.807) is 24.3 Å². The lowest BCUT2D eigenvalue weighted by Crippen LogP contribution is -3.07. The predicted molar refractivity (Wildman–Crippen MR) is 104 cm³/mol. The maximum atomic E-state index is 14.2. The first-order valence-corrected chi connectivity index (χ1v) is 8.61. The van der Waals surface area contributed by atoms with Crippen LogP contribution in [0.1, 0.15) is 11.6 Å². The quantitative estimate of drug-likeness (QED) is 0.397. The van der Waals surface area contributed by atoms with E-state index in [0.29, 0.717) is 27.9 Å². The highest BCUT2D eigenvalue weighted by Crippen LogP contribution is 2.24. The number of benzene rings is 2. The number of nitro benzene ring substituents is 1. The topological polar surface area (TPSA) is 71.6 Å². The average molecular weight is 398 g/mol. The van der Waals surface area contributed by atoms with Gasteiger partial charge >= 0.3 is 0 Å². The minimum Gasteiger partial charge on any atom is -0.356 e. The summed E-state index contributed by atoms with van der Waals surface area (Å²) in [4.78, 5) is 11.2. The Morgan fingerprint density at radius 2 is 1.96 bits per heavy atom. The first-order valence-electron chi connectivity index (χ1n) is 7.83. The van der Waals surface area contributed by atoms with E-state index in [4.69, 9.17) is 23.8 Å². The molecule has 138 valence electrons. The summed E-state index contributed by atoms with van der Waals surface area (Å²) in [6.07, 6.45) is 0. The zero-order valence-electron chi connectivity index (χ0n) is 14.3. The molecule has 0 heterocycles. The van der Waals surface area contributed by atoms with Gasteiger partial charge in [-0.1, -0.05) is 17.7 Å². The maximum Gasteiger partial charge on any atom is 0.269 e. The van der Waals surface area contributed by atoms with E-state index < -0.39 is 4.92 Å². The Morgan fingerprint density at radius 3 is 2.50 bits per heavy atom. The van der Waals surface area contributed by atoms with Gasteiger partial charge in [-0.3, -0.25) is 10.1 Å². The Hall–Kier alpha value is -2.29. The van der Waals surface area contributed by atoms with E-state index in [2.05, 4.69) is 10.6 Å². The van der Waals surface area contributed by atoms with Crippen molar-refractivity contribution in [3.63, 3.8) is 0 Å². The number of hydrogen-bond donors (Lipinski definition) is 3. The molecule has 1 atom stereocenters. The third-order valence-corrected chi connectivity index (χ3v) is 4.42. The van der Waals surface area contributed by atoms with Gasteiger partial charge in [0.1, 0.15) is 11.9 Å². The Kier molecular flexibility index (Phi) is 6.84. The van der Waals surface area contributed by atoms with E-state index >= 15 is 0 Å². The number of nitro groups is 1. The molecule has 0 unspecified atom stereocenters. The molecule has 0 spiro atoms. The van der Waals surface area contributed by atoms with Gasteiger partial charge in [0.25, 0.3) is 5.69 Å². The molecule has 0 amide bonds. The van der Waals surface area contributed by atoms with Crippen molar-refractivity contribution in [2.24, 2.45) is 0 Å². The van der Waals surface area contributed by atoms with Crippen LogP contribution in [0.3, 0.4) is 0 Å². The maximum absolute atomic E-state index is 14.2. The van der Waals surface area contributed by atoms with Crippen LogP contribution in [-0.4, -0.2) is 30.7 Å². The fraction of sp³-hybridized carbons (Fsp3) is 0.235. The van der Waals surface area contributed by atoms with Crippen molar-refractivity contribution in [3.05, 3.63) is 69.0 Å². The molecule has 0 radical (unpaired) electrons. The van der Waals surface area contributed by atoms with Gasteiger partial charge in [-0.2, -0.15) is 0 Å². The van der Waals surface area contributed by atoms with Crippen LogP contribution in [0, 0.1) is 15.9 Å². The summed E-state index contributed by atoms with van der Waals surface area (Å²) in [7, 11) is 3.81. The van der Waals surface area contributed by atoms with Crippen LogP contribution in [0.4, 0.5) is 15.8 Å². The number of likely N-dealkylation sites (N-methyl/N-ethyl adjacent to an activating group) is 1. The van der Waals surface area contributed by atoms with Crippen molar-refractivity contribution < 1.29 is 14.2 Å². The standard InChI is InChI=1S/C17H18ClFN4O2S/c1-22(2)15(16-13(18)4-3-5-14(16)19)10-20-17(26)21-11-6-8-12(9-7-11)23(24)25/h3-9,15H,10H2,1-2H3,(H2,20,21,26)/p+1/t15-/m0/s1. The van der Waals surface area contributed by atoms with E-state index in [0.717, 1.165) is 4.90 Å². The van der Waals surface area contributed by atoms with Gasteiger partial charge in [-0.15, -0.1) is 0 Å². The Bertz CT molecular complexity index is 782. The first-order chi connectivity index (χ1) is 12.3. The summed E-state index contributed by atoms with van der Waals surface area (Å²) in [5.41, 5.74) is 1.05. The average Bonchev–Trinajstić information content (AvgIpc) is 2.57. The lowest BCUT2D eigenvalue weighted by molar-refractivity contribution is -0.890. The second kappa shape index (κ2) is 8.88. The summed E-state index contributed by atoms with van der Waals surface area (Å²) < 4.78 is 14.2. The SMILES string of the molecule is C[NH+](C)[C@@H](CNC(=S)Nc1ccc([N+](=O)[O-])cc1)c1c(F)cccc1Cl. The zero-order chi connectivity index (χ0) is 19.3. The third-order valence-electron chi connectivity index (χ3n) is 3.85. The van der Waals surface area contributed by atoms with Gasteiger partial charge in [0.15, 0.2) is 5.11 Å². The van der Waals surface area contributed by atoms with Gasteiger partial charge in [-0.05, 0) is 36.5 Å². The number of hydrogen-bond acceptors (Lipinski definition) is 3. The largest absolute Gasteiger partial charge is 0.356 e. The molecule has 2 aromatic rings. The number of halogens is 2. The lowest BCUT2D eigenvalue weighted by Gasteiger charge is -2.24. The van der Waals surface area contributed by atoms with Crippen LogP contribution in [0.5, 0.6) is 0 Å². The number of anilines is 1. The monoisotopic (exact) mass is 397 g/mol. The fourth-order valence-corrected chi connectivity index (χ4v) is 2.97. The van der Waals surface area contributed by atoms with Gasteiger partial charge in [0.2, 0.25) is 0 Å². The Labute approximate surface area is 161 Å². The lowest BCUT2D eigenvalue weighted by atomic mass is 10.1. The van der Waals surface area contributed by atoms with Crippen molar-refractivity contribution in [2.75, 3.05) is 26.0 Å². The fourth-order valence-electron chi connectivity index (χ4n) is 2.47. The van der Waals surface area contributed by atoms with E-state index in [1.807, 2.05) is 14.1 Å². The Balaban J connectivity index is 2.02. The molecule has 0 aliphatic rings. The second-order valence-electron chi connectivity index (χ2n) is 5.90. The molecule has 2 rings (SSSR count). The molecule has 3 N–H and O–H groups in total. The third kappa shape index (κ3) is 5.10. The molecule has 9 heteroatoms. The normalized spacial score (nSPS) is 11.9. The molecule has 0 saturated heterocycles. The molecular formula is C17H19ClFN4O2S+. The van der Waals surface area contributed by atoms with Crippen molar-refractivity contribution in [3.8, 4) is 0 Å². The smallest absolute Gasteiger partial charge is 0.269 e. The molecule has 6 nitrogen and oxygen atoms in total. The van der Waals surface area contributed by atoms with Crippen molar-refractivity contribution in [1.82, 2.24) is 5.32 Å². The summed E-state index contributed by atoms with van der Waals surface area (Å²) in [6, 6.07) is 10.3. The number of thiocarbonyl (C=S) groups is 1. The molecular weight excluding hydrogens is 379 g/mol. The summed E-state index contributed by atoms with van der Waals surface area (Å²) in [5.74, 6) is -0.361. The van der Waals surface area contributed by atoms with E-state index in [1.165, 1.54) is 18.2 Å². The van der Waals surface area contributed by atoms with Crippen LogP contribution >= 0.6 is 23.8 Å². The minimum absolute atomic E-state index is 0.0000981. The van der Waals surface area contributed by atoms with Crippen molar-refractivity contribution in [2.45, 2.75) is 6.04 Å². The van der Waals surface area contributed by atoms with Crippen LogP contribution in [-0.2, 0) is 0 Å². The highest BCUT2D eigenvalue weighted by molar-refractivity contribution is 7.80. The highest BCUT2D eigenvalue weighted by atomic mass is 35.5. The number of quaternary nitrogens is 1. The van der Waals surface area contributed by atoms with Gasteiger partial charge < -0.3 is 15.5 Å². The van der Waals surface area contributed by atoms with Gasteiger partial charge in [0.05, 0.1) is 36.1 Å². The molecule has 0 aliphatic heterocycles. The number of nitrogens with one attached hydrogen (secondary N) is 3. The number of rotatable bonds is 6. The van der Waals surface area contributed by atoms with Crippen LogP contribution < -0.4 is 15.5 Å². The number of nitrogens with zero attached hydrogens (tertiary/aromatic N) is 1. The van der Waals surface area contributed by atoms with E-state index in [9.17, 15) is 14.5 Å². The zero-order valence-corrected chi connectivity index (χ0v) is 15.8. The molecule has 0 saturated carbocycles. The summed E-state index contributed by atoms with van der Waals surface area (Å²) >= 11 is 11.4. The Morgan fingerprint density at radius 1 is 1.31 bits per heavy atom. The second-order valence-corrected chi connectivity index (χ2v) is 6.72. The van der Waals surface area contributed by atoms with Gasteiger partial charge in [0, 0.05) is 17.8 Å². The molecule has 0 bridgehead atoms. The summed E-state index contributed by atoms with van der Waals surface area (Å²) in [5, 5.41) is 17.4. The molecule has 0 aliphatic carbocycles.